The molecule has 0 aromatic heterocycles. The molecule has 2 rings (SSSR count). The number of nitrogens with one attached hydrogen (secondary N) is 1. The Kier molecular flexibility index (Phi) is 4.59. The molecule has 0 aliphatic carbocycles. The number of benzene rings is 1. The molecule has 1 fully saturated rings. The van der Waals surface area contributed by atoms with E-state index >= 15 is 0 Å². The van der Waals surface area contributed by atoms with E-state index in [0.717, 1.165) is 12.1 Å². The van der Waals surface area contributed by atoms with Gasteiger partial charge in [-0.1, -0.05) is 11.6 Å². The summed E-state index contributed by atoms with van der Waals surface area (Å²) in [6.45, 7) is 0.931. The third-order valence-electron chi connectivity index (χ3n) is 3.36. The van der Waals surface area contributed by atoms with Crippen LogP contribution in [0.4, 0.5) is 13.2 Å². The maximum Gasteiger partial charge on any atom is 0.416 e. The first kappa shape index (κ1) is 15.6. The van der Waals surface area contributed by atoms with Crippen molar-refractivity contribution < 1.29 is 23.0 Å². The van der Waals surface area contributed by atoms with Crippen molar-refractivity contribution in [2.75, 3.05) is 19.8 Å². The molecule has 112 valence electrons. The molecule has 20 heavy (non-hydrogen) atoms. The van der Waals surface area contributed by atoms with Crippen LogP contribution in [0.3, 0.4) is 0 Å². The Balaban J connectivity index is 2.11. The molecule has 3 nitrogen and oxygen atoms in total. The van der Waals surface area contributed by atoms with Gasteiger partial charge < -0.3 is 15.2 Å². The number of hydrogen-bond donors (Lipinski definition) is 2. The van der Waals surface area contributed by atoms with Crippen LogP contribution in [0.1, 0.15) is 17.5 Å². The monoisotopic (exact) mass is 309 g/mol. The number of halogens is 4. The van der Waals surface area contributed by atoms with Crippen LogP contribution >= 0.6 is 11.6 Å². The fraction of sp³-hybridized carbons (Fsp3) is 0.538. The molecule has 1 heterocycles. The van der Waals surface area contributed by atoms with Gasteiger partial charge in [0.25, 0.3) is 0 Å². The van der Waals surface area contributed by atoms with E-state index in [1.54, 1.807) is 0 Å². The predicted octanol–water partition coefficient (Wildman–Crippen LogP) is 2.60. The van der Waals surface area contributed by atoms with Gasteiger partial charge in [0.2, 0.25) is 0 Å². The molecule has 1 aliphatic rings. The topological polar surface area (TPSA) is 41.5 Å². The van der Waals surface area contributed by atoms with Crippen LogP contribution in [0.25, 0.3) is 0 Å². The fourth-order valence-corrected chi connectivity index (χ4v) is 2.39. The second-order valence-electron chi connectivity index (χ2n) is 4.94. The summed E-state index contributed by atoms with van der Waals surface area (Å²) in [5, 5.41) is 12.5. The van der Waals surface area contributed by atoms with E-state index < -0.39 is 17.3 Å². The number of rotatable bonds is 4. The van der Waals surface area contributed by atoms with Gasteiger partial charge in [0.05, 0.1) is 24.3 Å². The van der Waals surface area contributed by atoms with Crippen molar-refractivity contribution >= 4 is 11.6 Å². The fourth-order valence-electron chi connectivity index (χ4n) is 2.13. The normalized spacial score (nSPS) is 23.2. The van der Waals surface area contributed by atoms with Crippen LogP contribution in [0, 0.1) is 0 Å². The summed E-state index contributed by atoms with van der Waals surface area (Å²) in [5.41, 5.74) is -0.937. The summed E-state index contributed by atoms with van der Waals surface area (Å²) in [6, 6.07) is 3.43. The van der Waals surface area contributed by atoms with E-state index in [1.807, 2.05) is 0 Å². The first-order chi connectivity index (χ1) is 9.35. The van der Waals surface area contributed by atoms with E-state index in [2.05, 4.69) is 5.32 Å². The average molecular weight is 310 g/mol. The van der Waals surface area contributed by atoms with Gasteiger partial charge in [-0.2, -0.15) is 13.2 Å². The van der Waals surface area contributed by atoms with E-state index in [0.29, 0.717) is 25.2 Å². The zero-order valence-corrected chi connectivity index (χ0v) is 11.4. The molecule has 0 saturated carbocycles. The lowest BCUT2D eigenvalue weighted by molar-refractivity contribution is -0.137. The highest BCUT2D eigenvalue weighted by Crippen LogP contribution is 2.32. The van der Waals surface area contributed by atoms with Crippen LogP contribution in [0.5, 0.6) is 0 Å². The lowest BCUT2D eigenvalue weighted by Crippen LogP contribution is -2.48. The van der Waals surface area contributed by atoms with E-state index in [-0.39, 0.29) is 18.2 Å². The molecule has 1 aromatic carbocycles. The summed E-state index contributed by atoms with van der Waals surface area (Å²) >= 11 is 5.72. The molecule has 0 bridgehead atoms. The quantitative estimate of drug-likeness (QED) is 0.898. The van der Waals surface area contributed by atoms with Crippen molar-refractivity contribution in [3.63, 3.8) is 0 Å². The maximum absolute atomic E-state index is 12.7. The van der Waals surface area contributed by atoms with Gasteiger partial charge in [-0.05, 0) is 30.2 Å². The smallest absolute Gasteiger partial charge is 0.394 e. The SMILES string of the molecule is OC[C@]1(NCc2cc(Cl)cc(C(F)(F)F)c2)CCOC1. The summed E-state index contributed by atoms with van der Waals surface area (Å²) in [4.78, 5) is 0. The van der Waals surface area contributed by atoms with Crippen molar-refractivity contribution in [3.05, 3.63) is 34.3 Å². The van der Waals surface area contributed by atoms with Crippen molar-refractivity contribution in [1.29, 1.82) is 0 Å². The minimum absolute atomic E-state index is 0.0392. The molecule has 0 amide bonds. The summed E-state index contributed by atoms with van der Waals surface area (Å²) in [7, 11) is 0. The Morgan fingerprint density at radius 3 is 2.65 bits per heavy atom. The van der Waals surface area contributed by atoms with Crippen molar-refractivity contribution in [2.24, 2.45) is 0 Å². The van der Waals surface area contributed by atoms with Crippen LogP contribution in [-0.2, 0) is 17.5 Å². The summed E-state index contributed by atoms with van der Waals surface area (Å²) in [5.74, 6) is 0. The van der Waals surface area contributed by atoms with Gasteiger partial charge in [0, 0.05) is 18.2 Å². The number of aliphatic hydroxyl groups excluding tert-OH is 1. The largest absolute Gasteiger partial charge is 0.416 e. The highest BCUT2D eigenvalue weighted by molar-refractivity contribution is 6.30. The van der Waals surface area contributed by atoms with Crippen LogP contribution in [-0.4, -0.2) is 30.5 Å². The number of aliphatic hydroxyl groups is 1. The number of ether oxygens (including phenoxy) is 1. The Bertz CT molecular complexity index is 473. The van der Waals surface area contributed by atoms with Crippen LogP contribution in [0.15, 0.2) is 18.2 Å². The molecule has 7 heteroatoms. The third kappa shape index (κ3) is 3.63. The maximum atomic E-state index is 12.7. The number of alkyl halides is 3. The van der Waals surface area contributed by atoms with Gasteiger partial charge in [-0.25, -0.2) is 0 Å². The molecule has 1 aromatic rings. The molecular weight excluding hydrogens is 295 g/mol. The first-order valence-corrected chi connectivity index (χ1v) is 6.53. The first-order valence-electron chi connectivity index (χ1n) is 6.15. The van der Waals surface area contributed by atoms with Gasteiger partial charge in [0.15, 0.2) is 0 Å². The minimum atomic E-state index is -4.43. The number of hydrogen-bond acceptors (Lipinski definition) is 3. The molecule has 1 aliphatic heterocycles. The molecule has 1 atom stereocenters. The summed E-state index contributed by atoms with van der Waals surface area (Å²) in [6.07, 6.45) is -3.80. The Hall–Kier alpha value is -0.820. The lowest BCUT2D eigenvalue weighted by Gasteiger charge is -2.26. The zero-order chi connectivity index (χ0) is 14.8. The predicted molar refractivity (Wildman–Crippen MR) is 68.5 cm³/mol. The molecule has 0 radical (unpaired) electrons. The zero-order valence-electron chi connectivity index (χ0n) is 10.6. The lowest BCUT2D eigenvalue weighted by atomic mass is 9.99. The summed E-state index contributed by atoms with van der Waals surface area (Å²) < 4.78 is 43.3. The van der Waals surface area contributed by atoms with E-state index in [4.69, 9.17) is 16.3 Å². The Morgan fingerprint density at radius 1 is 1.35 bits per heavy atom. The van der Waals surface area contributed by atoms with Gasteiger partial charge in [-0.15, -0.1) is 0 Å². The molecular formula is C13H15ClF3NO2. The van der Waals surface area contributed by atoms with Crippen molar-refractivity contribution in [1.82, 2.24) is 5.32 Å². The standard InChI is InChI=1S/C13H15ClF3NO2/c14-11-4-9(3-10(5-11)13(15,16)17)6-18-12(7-19)1-2-20-8-12/h3-5,18-19H,1-2,6-8H2/t12-/m1/s1. The average Bonchev–Trinajstić information content (AvgIpc) is 2.84. The van der Waals surface area contributed by atoms with Gasteiger partial charge in [0.1, 0.15) is 0 Å². The van der Waals surface area contributed by atoms with Crippen LogP contribution in [0.2, 0.25) is 5.02 Å². The minimum Gasteiger partial charge on any atom is -0.394 e. The molecule has 1 saturated heterocycles. The van der Waals surface area contributed by atoms with Crippen molar-refractivity contribution in [3.8, 4) is 0 Å². The van der Waals surface area contributed by atoms with E-state index in [1.165, 1.54) is 6.07 Å². The molecule has 2 N–H and O–H groups in total. The van der Waals surface area contributed by atoms with Gasteiger partial charge in [-0.3, -0.25) is 0 Å². The third-order valence-corrected chi connectivity index (χ3v) is 3.58. The second-order valence-corrected chi connectivity index (χ2v) is 5.38. The Labute approximate surface area is 119 Å². The van der Waals surface area contributed by atoms with Crippen molar-refractivity contribution in [2.45, 2.75) is 24.7 Å². The highest BCUT2D eigenvalue weighted by atomic mass is 35.5. The molecule has 0 unspecified atom stereocenters. The second kappa shape index (κ2) is 5.89. The molecule has 0 spiro atoms. The van der Waals surface area contributed by atoms with Gasteiger partial charge >= 0.3 is 6.18 Å². The van der Waals surface area contributed by atoms with E-state index in [9.17, 15) is 18.3 Å². The van der Waals surface area contributed by atoms with Crippen LogP contribution < -0.4 is 5.32 Å². The highest BCUT2D eigenvalue weighted by Gasteiger charge is 2.34. The Morgan fingerprint density at radius 2 is 2.10 bits per heavy atom.